The molecule has 120 valence electrons. The number of aryl methyl sites for hydroxylation is 1. The largest absolute Gasteiger partial charge is 0.279 e. The van der Waals surface area contributed by atoms with Crippen LogP contribution in [-0.2, 0) is 0 Å². The van der Waals surface area contributed by atoms with Crippen molar-refractivity contribution in [2.45, 2.75) is 32.0 Å². The Labute approximate surface area is 144 Å². The molecule has 4 rings (SSSR count). The molecule has 0 aromatic heterocycles. The maximum atomic E-state index is 2.63. The highest BCUT2D eigenvalue weighted by atomic mass is 15.4. The van der Waals surface area contributed by atoms with Gasteiger partial charge in [0, 0.05) is 6.04 Å². The van der Waals surface area contributed by atoms with Gasteiger partial charge in [-0.15, -0.1) is 0 Å². The van der Waals surface area contributed by atoms with Gasteiger partial charge in [0.25, 0.3) is 0 Å². The van der Waals surface area contributed by atoms with Gasteiger partial charge < -0.3 is 0 Å². The van der Waals surface area contributed by atoms with Crippen LogP contribution in [0.4, 0.5) is 0 Å². The minimum atomic E-state index is 0.312. The van der Waals surface area contributed by atoms with Gasteiger partial charge in [-0.1, -0.05) is 84.9 Å². The lowest BCUT2D eigenvalue weighted by molar-refractivity contribution is 0.413. The summed E-state index contributed by atoms with van der Waals surface area (Å²) in [6.45, 7) is 4.56. The third-order valence-electron chi connectivity index (χ3n) is 5.19. The summed E-state index contributed by atoms with van der Waals surface area (Å²) >= 11 is 0. The number of hydrogen-bond acceptors (Lipinski definition) is 1. The molecule has 0 bridgehead atoms. The molecule has 1 saturated heterocycles. The lowest BCUT2D eigenvalue weighted by Gasteiger charge is -2.21. The molecular weight excluding hydrogens is 290 g/mol. The fourth-order valence-electron chi connectivity index (χ4n) is 3.91. The van der Waals surface area contributed by atoms with Gasteiger partial charge in [-0.2, -0.15) is 0 Å². The van der Waals surface area contributed by atoms with Crippen molar-refractivity contribution >= 4 is 0 Å². The standard InChI is InChI=1S/C23H23N/c1-17-11-9-10-16-21(17)22-18(2)24(22)23(19-12-5-3-6-13-19)20-14-7-4-8-15-20/h3-16,18,22-23H,1-2H3/t18-,22-,24?/m0/s1. The normalized spacial score (nSPS) is 22.5. The molecular formula is C23H23N. The molecule has 3 aromatic carbocycles. The first kappa shape index (κ1) is 15.2. The van der Waals surface area contributed by atoms with Crippen LogP contribution in [0.1, 0.15) is 41.3 Å². The van der Waals surface area contributed by atoms with E-state index >= 15 is 0 Å². The summed E-state index contributed by atoms with van der Waals surface area (Å²) in [7, 11) is 0. The molecule has 0 saturated carbocycles. The second kappa shape index (κ2) is 6.26. The predicted octanol–water partition coefficient (Wildman–Crippen LogP) is 5.53. The van der Waals surface area contributed by atoms with Crippen molar-refractivity contribution < 1.29 is 0 Å². The molecule has 1 heterocycles. The van der Waals surface area contributed by atoms with Gasteiger partial charge in [0.15, 0.2) is 0 Å². The molecule has 0 radical (unpaired) electrons. The van der Waals surface area contributed by atoms with Gasteiger partial charge in [0.2, 0.25) is 0 Å². The van der Waals surface area contributed by atoms with Crippen LogP contribution in [0.25, 0.3) is 0 Å². The van der Waals surface area contributed by atoms with Gasteiger partial charge in [-0.3, -0.25) is 4.90 Å². The molecule has 3 aromatic rings. The number of benzene rings is 3. The lowest BCUT2D eigenvalue weighted by atomic mass is 9.98. The van der Waals surface area contributed by atoms with Crippen LogP contribution < -0.4 is 0 Å². The van der Waals surface area contributed by atoms with Crippen molar-refractivity contribution in [1.82, 2.24) is 4.90 Å². The maximum Gasteiger partial charge on any atom is 0.0611 e. The van der Waals surface area contributed by atoms with Crippen LogP contribution in [0.3, 0.4) is 0 Å². The lowest BCUT2D eigenvalue weighted by Crippen LogP contribution is -2.13. The molecule has 0 spiro atoms. The number of rotatable bonds is 4. The summed E-state index contributed by atoms with van der Waals surface area (Å²) in [5.74, 6) is 0. The van der Waals surface area contributed by atoms with Crippen molar-refractivity contribution in [3.8, 4) is 0 Å². The van der Waals surface area contributed by atoms with E-state index in [2.05, 4.69) is 104 Å². The number of nitrogens with zero attached hydrogens (tertiary/aromatic N) is 1. The van der Waals surface area contributed by atoms with Gasteiger partial charge in [-0.05, 0) is 36.1 Å². The zero-order valence-electron chi connectivity index (χ0n) is 14.3. The van der Waals surface area contributed by atoms with Crippen molar-refractivity contribution in [3.63, 3.8) is 0 Å². The van der Waals surface area contributed by atoms with E-state index in [-0.39, 0.29) is 0 Å². The SMILES string of the molecule is Cc1ccccc1[C@@H]1[C@H](C)N1C(c1ccccc1)c1ccccc1. The Hall–Kier alpha value is -2.38. The van der Waals surface area contributed by atoms with Gasteiger partial charge in [-0.25, -0.2) is 0 Å². The van der Waals surface area contributed by atoms with E-state index in [9.17, 15) is 0 Å². The first-order valence-electron chi connectivity index (χ1n) is 8.70. The van der Waals surface area contributed by atoms with Crippen LogP contribution in [0.5, 0.6) is 0 Å². The first-order valence-corrected chi connectivity index (χ1v) is 8.70. The van der Waals surface area contributed by atoms with Gasteiger partial charge in [0.1, 0.15) is 0 Å². The highest BCUT2D eigenvalue weighted by Gasteiger charge is 2.50. The van der Waals surface area contributed by atoms with E-state index in [0.29, 0.717) is 18.1 Å². The minimum Gasteiger partial charge on any atom is -0.279 e. The third-order valence-corrected chi connectivity index (χ3v) is 5.19. The summed E-state index contributed by atoms with van der Waals surface area (Å²) < 4.78 is 0. The Morgan fingerprint density at radius 3 is 1.75 bits per heavy atom. The van der Waals surface area contributed by atoms with Crippen molar-refractivity contribution in [1.29, 1.82) is 0 Å². The highest BCUT2D eigenvalue weighted by Crippen LogP contribution is 2.51. The van der Waals surface area contributed by atoms with Gasteiger partial charge in [0.05, 0.1) is 12.1 Å². The zero-order valence-corrected chi connectivity index (χ0v) is 14.3. The Morgan fingerprint density at radius 1 is 0.708 bits per heavy atom. The Bertz CT molecular complexity index is 770. The molecule has 24 heavy (non-hydrogen) atoms. The Morgan fingerprint density at radius 2 is 1.21 bits per heavy atom. The average Bonchev–Trinajstić information content (AvgIpc) is 3.28. The second-order valence-electron chi connectivity index (χ2n) is 6.71. The second-order valence-corrected chi connectivity index (χ2v) is 6.71. The maximum absolute atomic E-state index is 2.63. The van der Waals surface area contributed by atoms with Crippen LogP contribution in [0, 0.1) is 6.92 Å². The van der Waals surface area contributed by atoms with E-state index in [1.807, 2.05) is 0 Å². The summed E-state index contributed by atoms with van der Waals surface area (Å²) in [4.78, 5) is 2.63. The van der Waals surface area contributed by atoms with Crippen molar-refractivity contribution in [2.24, 2.45) is 0 Å². The molecule has 1 aliphatic heterocycles. The molecule has 0 amide bonds. The summed E-state index contributed by atoms with van der Waals surface area (Å²) in [6.07, 6.45) is 0. The predicted molar refractivity (Wildman–Crippen MR) is 99.9 cm³/mol. The summed E-state index contributed by atoms with van der Waals surface area (Å²) in [5.41, 5.74) is 5.58. The highest BCUT2D eigenvalue weighted by molar-refractivity contribution is 5.39. The minimum absolute atomic E-state index is 0.312. The van der Waals surface area contributed by atoms with Crippen molar-refractivity contribution in [2.75, 3.05) is 0 Å². The Kier molecular flexibility index (Phi) is 3.95. The topological polar surface area (TPSA) is 3.01 Å². The van der Waals surface area contributed by atoms with E-state index in [0.717, 1.165) is 0 Å². The molecule has 0 N–H and O–H groups in total. The molecule has 3 atom stereocenters. The monoisotopic (exact) mass is 313 g/mol. The van der Waals surface area contributed by atoms with Crippen LogP contribution in [-0.4, -0.2) is 10.9 Å². The van der Waals surface area contributed by atoms with Crippen LogP contribution in [0.2, 0.25) is 0 Å². The first-order chi connectivity index (χ1) is 11.8. The summed E-state index contributed by atoms with van der Waals surface area (Å²) in [5, 5.41) is 0. The molecule has 0 aliphatic carbocycles. The van der Waals surface area contributed by atoms with Gasteiger partial charge >= 0.3 is 0 Å². The van der Waals surface area contributed by atoms with Crippen LogP contribution in [0.15, 0.2) is 84.9 Å². The van der Waals surface area contributed by atoms with E-state index in [1.165, 1.54) is 22.3 Å². The average molecular weight is 313 g/mol. The zero-order chi connectivity index (χ0) is 16.5. The molecule has 1 heteroatoms. The smallest absolute Gasteiger partial charge is 0.0611 e. The van der Waals surface area contributed by atoms with Crippen molar-refractivity contribution in [3.05, 3.63) is 107 Å². The fraction of sp³-hybridized carbons (Fsp3) is 0.217. The summed E-state index contributed by atoms with van der Waals surface area (Å²) in [6, 6.07) is 31.9. The van der Waals surface area contributed by atoms with E-state index in [1.54, 1.807) is 0 Å². The number of hydrogen-bond donors (Lipinski definition) is 0. The fourth-order valence-corrected chi connectivity index (χ4v) is 3.91. The molecule has 1 aliphatic rings. The molecule has 1 nitrogen and oxygen atoms in total. The van der Waals surface area contributed by atoms with E-state index < -0.39 is 0 Å². The third kappa shape index (κ3) is 2.65. The molecule has 1 unspecified atom stereocenters. The molecule has 1 fully saturated rings. The quantitative estimate of drug-likeness (QED) is 0.572. The van der Waals surface area contributed by atoms with E-state index in [4.69, 9.17) is 0 Å². The van der Waals surface area contributed by atoms with Crippen LogP contribution >= 0.6 is 0 Å². The Balaban J connectivity index is 1.74.